The van der Waals surface area contributed by atoms with Crippen LogP contribution in [0, 0.1) is 23.8 Å². The summed E-state index contributed by atoms with van der Waals surface area (Å²) >= 11 is 1.20. The number of aliphatic hydroxyl groups is 1. The van der Waals surface area contributed by atoms with Gasteiger partial charge < -0.3 is 47.6 Å². The first-order chi connectivity index (χ1) is 29.4. The van der Waals surface area contributed by atoms with Gasteiger partial charge in [-0.25, -0.2) is 0 Å². The van der Waals surface area contributed by atoms with E-state index in [2.05, 4.69) is 38.0 Å². The third-order valence-electron chi connectivity index (χ3n) is 12.5. The molecule has 18 nitrogen and oxygen atoms in total. The van der Waals surface area contributed by atoms with Crippen LogP contribution in [0.5, 0.6) is 0 Å². The smallest absolute Gasteiger partial charge is 0.246 e. The van der Waals surface area contributed by atoms with E-state index in [1.54, 1.807) is 26.0 Å². The molecule has 1 radical (unpaired) electrons. The van der Waals surface area contributed by atoms with Crippen molar-refractivity contribution < 1.29 is 81.0 Å². The molecule has 20 heteroatoms. The largest absolute Gasteiger partial charge is 0.391 e. The minimum absolute atomic E-state index is 0. The third-order valence-corrected chi connectivity index (χ3v) is 13.7. The molecule has 8 amide bonds. The quantitative estimate of drug-likeness (QED) is 0.159. The number of hydrogen-bond donors (Lipinski definition) is 8. The second-order valence-electron chi connectivity index (χ2n) is 16.8. The van der Waals surface area contributed by atoms with Crippen LogP contribution in [0.4, 0.5) is 0 Å². The zero-order valence-electron chi connectivity index (χ0n) is 36.4. The molecular formula is C43H59N8O10SY-. The normalized spacial score (nSPS) is 28.3. The topological polar surface area (TPSA) is 275 Å². The maximum absolute atomic E-state index is 14.6. The zero-order valence-corrected chi connectivity index (χ0v) is 40.1. The summed E-state index contributed by atoms with van der Waals surface area (Å²) in [5.74, 6) is -7.85. The fourth-order valence-electron chi connectivity index (χ4n) is 8.25. The molecule has 3 heterocycles. The Hall–Kier alpha value is -4.20. The number of thioether (sulfide) groups is 1. The number of ketones is 1. The van der Waals surface area contributed by atoms with Crippen molar-refractivity contribution in [1.82, 2.24) is 36.8 Å². The van der Waals surface area contributed by atoms with Crippen LogP contribution in [0.25, 0.3) is 5.57 Å². The molecule has 0 spiro atoms. The van der Waals surface area contributed by atoms with E-state index >= 15 is 0 Å². The SMILES string of the molecule is CC[C@H](C)[C@H](C)[C@H]1NC(=O)[C@@H]2C[C@@H](O)CN2C(=O)[C@H](CC(N)=O)NC(=O)[C@@H]2CSC3=C(CC(NC1=O)C(=O)NCC(=O)N[C@@H]([C@@H](C)CC)C(=O)CCC(=O)N2)c1cc[c-]cc1C3.[Y]. The van der Waals surface area contributed by atoms with Crippen molar-refractivity contribution in [3.63, 3.8) is 0 Å². The van der Waals surface area contributed by atoms with Crippen molar-refractivity contribution in [2.75, 3.05) is 18.8 Å². The number of carbonyl (C=O) groups excluding carboxylic acids is 9. The Morgan fingerprint density at radius 2 is 1.62 bits per heavy atom. The maximum atomic E-state index is 14.6. The fraction of sp³-hybridized carbons (Fsp3) is 0.605. The molecule has 1 aromatic rings. The molecule has 2 bridgehead atoms. The Labute approximate surface area is 396 Å². The summed E-state index contributed by atoms with van der Waals surface area (Å²) in [6.07, 6.45) is -1.39. The molecule has 1 fully saturated rings. The van der Waals surface area contributed by atoms with Crippen molar-refractivity contribution in [3.05, 3.63) is 40.3 Å². The summed E-state index contributed by atoms with van der Waals surface area (Å²) in [4.78, 5) is 126. The predicted molar refractivity (Wildman–Crippen MR) is 228 cm³/mol. The number of hydrogen-bond acceptors (Lipinski definition) is 11. The summed E-state index contributed by atoms with van der Waals surface area (Å²) < 4.78 is 0. The average molecular weight is 969 g/mol. The molecule has 10 atom stereocenters. The first-order valence-corrected chi connectivity index (χ1v) is 22.3. The van der Waals surface area contributed by atoms with Crippen LogP contribution in [0.15, 0.2) is 23.1 Å². The number of primary amides is 1. The Kier molecular flexibility index (Phi) is 18.9. The van der Waals surface area contributed by atoms with Gasteiger partial charge in [-0.2, -0.15) is 24.3 Å². The van der Waals surface area contributed by atoms with E-state index in [1.165, 1.54) is 11.8 Å². The summed E-state index contributed by atoms with van der Waals surface area (Å²) in [5.41, 5.74) is 7.81. The number of benzene rings is 1. The van der Waals surface area contributed by atoms with Gasteiger partial charge in [0.2, 0.25) is 47.3 Å². The van der Waals surface area contributed by atoms with Crippen LogP contribution < -0.4 is 37.6 Å². The van der Waals surface area contributed by atoms with E-state index in [1.807, 2.05) is 26.8 Å². The number of Topliss-reactive ketones (excluding diaryl/α,β-unsaturated/α-hetero) is 1. The van der Waals surface area contributed by atoms with Crippen molar-refractivity contribution in [2.24, 2.45) is 23.5 Å². The van der Waals surface area contributed by atoms with Crippen LogP contribution in [-0.4, -0.2) is 124 Å². The van der Waals surface area contributed by atoms with Crippen LogP contribution >= 0.6 is 11.8 Å². The Morgan fingerprint density at radius 3 is 2.30 bits per heavy atom. The van der Waals surface area contributed by atoms with Gasteiger partial charge in [-0.1, -0.05) is 53.0 Å². The molecular weight excluding hydrogens is 909 g/mol. The summed E-state index contributed by atoms with van der Waals surface area (Å²) in [5, 5.41) is 27.0. The van der Waals surface area contributed by atoms with Gasteiger partial charge in [0, 0.05) is 70.7 Å². The van der Waals surface area contributed by atoms with Crippen molar-refractivity contribution in [2.45, 2.75) is 128 Å². The van der Waals surface area contributed by atoms with Crippen LogP contribution in [0.3, 0.4) is 0 Å². The van der Waals surface area contributed by atoms with Gasteiger partial charge in [0.05, 0.1) is 25.1 Å². The molecule has 1 saturated heterocycles. The number of nitrogens with two attached hydrogens (primary N) is 1. The number of allylic oxidation sites excluding steroid dienone is 1. The molecule has 4 aliphatic rings. The molecule has 0 aromatic heterocycles. The van der Waals surface area contributed by atoms with Gasteiger partial charge in [-0.15, -0.1) is 22.9 Å². The number of nitrogens with zero attached hydrogens (tertiary/aromatic N) is 1. The van der Waals surface area contributed by atoms with E-state index in [0.717, 1.165) is 16.0 Å². The zero-order chi connectivity index (χ0) is 45.4. The van der Waals surface area contributed by atoms with Gasteiger partial charge >= 0.3 is 0 Å². The number of carbonyl (C=O) groups is 9. The fourth-order valence-corrected chi connectivity index (χ4v) is 9.48. The average Bonchev–Trinajstić information content (AvgIpc) is 3.81. The maximum Gasteiger partial charge on any atom is 0.246 e. The van der Waals surface area contributed by atoms with Crippen LogP contribution in [0.2, 0.25) is 0 Å². The molecule has 0 saturated carbocycles. The third kappa shape index (κ3) is 13.0. The van der Waals surface area contributed by atoms with Gasteiger partial charge in [-0.3, -0.25) is 43.2 Å². The first kappa shape index (κ1) is 51.4. The number of amides is 8. The van der Waals surface area contributed by atoms with Gasteiger partial charge in [-0.05, 0) is 29.1 Å². The molecule has 9 N–H and O–H groups in total. The molecule has 3 aliphatic heterocycles. The predicted octanol–water partition coefficient (Wildman–Crippen LogP) is -0.643. The van der Waals surface area contributed by atoms with E-state index in [4.69, 9.17) is 5.73 Å². The molecule has 1 aromatic carbocycles. The van der Waals surface area contributed by atoms with Crippen molar-refractivity contribution in [3.8, 4) is 0 Å². The number of rotatable bonds is 7. The molecule has 63 heavy (non-hydrogen) atoms. The number of aliphatic hydroxyl groups excluding tert-OH is 1. The Bertz CT molecular complexity index is 1980. The number of nitrogens with one attached hydrogen (secondary N) is 6. The van der Waals surface area contributed by atoms with Crippen molar-refractivity contribution in [1.29, 1.82) is 0 Å². The van der Waals surface area contributed by atoms with Crippen LogP contribution in [-0.2, 0) is 82.3 Å². The molecule has 341 valence electrons. The van der Waals surface area contributed by atoms with Crippen molar-refractivity contribution >= 4 is 70.4 Å². The molecule has 5 rings (SSSR count). The Morgan fingerprint density at radius 1 is 0.889 bits per heavy atom. The van der Waals surface area contributed by atoms with E-state index in [-0.39, 0.29) is 82.5 Å². The Balaban J connectivity index is 0.00000871. The second-order valence-corrected chi connectivity index (χ2v) is 17.9. The second kappa shape index (κ2) is 23.1. The van der Waals surface area contributed by atoms with Gasteiger partial charge in [0.15, 0.2) is 5.78 Å². The van der Waals surface area contributed by atoms with E-state index in [0.29, 0.717) is 29.7 Å². The van der Waals surface area contributed by atoms with E-state index < -0.39 is 114 Å². The van der Waals surface area contributed by atoms with Gasteiger partial charge in [0.1, 0.15) is 30.2 Å². The standard InChI is InChI=1S/C43H59N8O10S.Y/c1-6-21(3)23(5)38-42(60)47-28-16-27-26-11-9-8-10-24(26)14-33(27)62-20-30(46-35(55)13-12-32(53)37(22(4)7-2)49-36(56)18-45-39(28)57)40(58)48-29(17-34(44)54)43(61)51-19-25(52)15-31(51)41(59)50-38;/h9-11,21-23,25,28-31,37-38,52H,6-7,12-20H2,1-5H3,(H2,44,54)(H,45,57)(H,46,55)(H,47,60)(H,48,58)(H,49,56)(H,50,59);/q-1;/t21-,22-,23-,25+,28?,29-,30-,31-,37-,38+;/m0./s1. The number of fused-ring (bicyclic) bond motifs is 5. The molecule has 1 aliphatic carbocycles. The van der Waals surface area contributed by atoms with Gasteiger partial charge in [0.25, 0.3) is 0 Å². The minimum atomic E-state index is -1.62. The van der Waals surface area contributed by atoms with Crippen LogP contribution in [0.1, 0.15) is 90.7 Å². The summed E-state index contributed by atoms with van der Waals surface area (Å²) in [6, 6.07) is 0.462. The minimum Gasteiger partial charge on any atom is -0.391 e. The first-order valence-electron chi connectivity index (χ1n) is 21.3. The van der Waals surface area contributed by atoms with E-state index in [9.17, 15) is 48.3 Å². The monoisotopic (exact) mass is 968 g/mol. The molecule has 1 unspecified atom stereocenters. The summed E-state index contributed by atoms with van der Waals surface area (Å²) in [6.45, 7) is 8.31. The summed E-state index contributed by atoms with van der Waals surface area (Å²) in [7, 11) is 0.